The number of amidine groups is 1. The number of nitrogens with zero attached hydrogens (tertiary/aromatic N) is 3. The summed E-state index contributed by atoms with van der Waals surface area (Å²) >= 11 is 0. The van der Waals surface area contributed by atoms with Crippen molar-refractivity contribution < 1.29 is 13.6 Å². The predicted molar refractivity (Wildman–Crippen MR) is 110 cm³/mol. The summed E-state index contributed by atoms with van der Waals surface area (Å²) in [6.07, 6.45) is 4.91. The lowest BCUT2D eigenvalue weighted by atomic mass is 10.0. The van der Waals surface area contributed by atoms with Crippen LogP contribution in [0.15, 0.2) is 46.4 Å². The van der Waals surface area contributed by atoms with Crippen LogP contribution >= 0.6 is 0 Å². The Morgan fingerprint density at radius 2 is 1.97 bits per heavy atom. The number of rotatable bonds is 5. The number of fused-ring (bicyclic) bond motifs is 1. The number of carbonyl (C=O) groups excluding carboxylic acids is 1. The Morgan fingerprint density at radius 3 is 2.76 bits per heavy atom. The molecule has 0 aliphatic carbocycles. The number of amides is 1. The lowest BCUT2D eigenvalue weighted by Gasteiger charge is -2.17. The van der Waals surface area contributed by atoms with Gasteiger partial charge in [0.15, 0.2) is 0 Å². The fourth-order valence-electron chi connectivity index (χ4n) is 3.95. The minimum Gasteiger partial charge on any atom is -0.334 e. The van der Waals surface area contributed by atoms with Gasteiger partial charge in [0, 0.05) is 43.8 Å². The van der Waals surface area contributed by atoms with Crippen molar-refractivity contribution in [3.05, 3.63) is 59.2 Å². The van der Waals surface area contributed by atoms with Crippen molar-refractivity contribution in [3.8, 4) is 11.1 Å². The zero-order valence-electron chi connectivity index (χ0n) is 16.4. The Balaban J connectivity index is 1.36. The first-order chi connectivity index (χ1) is 14.0. The second-order valence-electron chi connectivity index (χ2n) is 7.63. The highest BCUT2D eigenvalue weighted by Gasteiger charge is 2.24. The van der Waals surface area contributed by atoms with Crippen molar-refractivity contribution in [3.63, 3.8) is 0 Å². The van der Waals surface area contributed by atoms with E-state index in [0.717, 1.165) is 42.3 Å². The molecule has 2 aliphatic rings. The summed E-state index contributed by atoms with van der Waals surface area (Å²) in [7, 11) is 0. The van der Waals surface area contributed by atoms with E-state index in [4.69, 9.17) is 0 Å². The van der Waals surface area contributed by atoms with E-state index >= 15 is 0 Å². The lowest BCUT2D eigenvalue weighted by molar-refractivity contribution is -0.131. The molecule has 2 heterocycles. The number of aliphatic imine (C=N–C) groups is 2. The van der Waals surface area contributed by atoms with E-state index in [9.17, 15) is 13.6 Å². The van der Waals surface area contributed by atoms with Gasteiger partial charge in [-0.3, -0.25) is 9.79 Å². The molecule has 1 unspecified atom stereocenters. The van der Waals surface area contributed by atoms with Crippen LogP contribution in [0.4, 0.5) is 8.78 Å². The van der Waals surface area contributed by atoms with Crippen LogP contribution in [-0.4, -0.2) is 28.9 Å². The lowest BCUT2D eigenvalue weighted by Crippen LogP contribution is -2.25. The third-order valence-electron chi connectivity index (χ3n) is 5.48. The van der Waals surface area contributed by atoms with Gasteiger partial charge in [-0.15, -0.1) is 0 Å². The second kappa shape index (κ2) is 8.23. The van der Waals surface area contributed by atoms with Crippen LogP contribution in [0.5, 0.6) is 0 Å². The van der Waals surface area contributed by atoms with E-state index in [1.165, 1.54) is 12.1 Å². The van der Waals surface area contributed by atoms with Gasteiger partial charge in [0.1, 0.15) is 17.5 Å². The topological polar surface area (TPSA) is 45.0 Å². The van der Waals surface area contributed by atoms with Crippen LogP contribution in [-0.2, 0) is 17.9 Å². The van der Waals surface area contributed by atoms with E-state index in [-0.39, 0.29) is 11.9 Å². The van der Waals surface area contributed by atoms with E-state index in [2.05, 4.69) is 9.98 Å². The number of hydrogen-bond donors (Lipinski definition) is 0. The molecular formula is C23H23F2N3O. The molecule has 0 N–H and O–H groups in total. The molecule has 2 aromatic rings. The molecule has 0 bridgehead atoms. The molecule has 0 spiro atoms. The summed E-state index contributed by atoms with van der Waals surface area (Å²) in [5, 5.41) is 0. The summed E-state index contributed by atoms with van der Waals surface area (Å²) in [6.45, 7) is 2.99. The van der Waals surface area contributed by atoms with Crippen molar-refractivity contribution in [2.45, 2.75) is 51.7 Å². The monoisotopic (exact) mass is 395 g/mol. The van der Waals surface area contributed by atoms with Crippen LogP contribution in [0.2, 0.25) is 0 Å². The Morgan fingerprint density at radius 1 is 1.14 bits per heavy atom. The molecule has 1 atom stereocenters. The van der Waals surface area contributed by atoms with Gasteiger partial charge in [0.2, 0.25) is 5.91 Å². The Bertz CT molecular complexity index is 1000. The first kappa shape index (κ1) is 19.4. The minimum atomic E-state index is -0.592. The molecule has 150 valence electrons. The van der Waals surface area contributed by atoms with Crippen LogP contribution in [0, 0.1) is 11.6 Å². The number of carbonyl (C=O) groups is 1. The zero-order chi connectivity index (χ0) is 20.4. The van der Waals surface area contributed by atoms with Crippen LogP contribution in [0.25, 0.3) is 11.1 Å². The normalized spacial score (nSPS) is 18.0. The fraction of sp³-hybridized carbons (Fsp3) is 0.348. The quantitative estimate of drug-likeness (QED) is 0.710. The Labute approximate surface area is 169 Å². The summed E-state index contributed by atoms with van der Waals surface area (Å²) in [4.78, 5) is 23.1. The molecule has 0 saturated heterocycles. The number of halogens is 2. The van der Waals surface area contributed by atoms with Gasteiger partial charge in [0.05, 0.1) is 6.04 Å². The van der Waals surface area contributed by atoms with Crippen LogP contribution < -0.4 is 0 Å². The first-order valence-corrected chi connectivity index (χ1v) is 9.91. The van der Waals surface area contributed by atoms with Gasteiger partial charge in [-0.25, -0.2) is 13.8 Å². The van der Waals surface area contributed by atoms with Crippen molar-refractivity contribution >= 4 is 18.0 Å². The van der Waals surface area contributed by atoms with Gasteiger partial charge < -0.3 is 4.90 Å². The van der Waals surface area contributed by atoms with Gasteiger partial charge in [-0.1, -0.05) is 12.1 Å². The van der Waals surface area contributed by atoms with E-state index in [0.29, 0.717) is 30.6 Å². The molecule has 0 aromatic heterocycles. The average Bonchev–Trinajstić information content (AvgIpc) is 3.11. The van der Waals surface area contributed by atoms with Crippen molar-refractivity contribution in [1.29, 1.82) is 0 Å². The minimum absolute atomic E-state index is 0.126. The predicted octanol–water partition coefficient (Wildman–Crippen LogP) is 4.91. The highest BCUT2D eigenvalue weighted by atomic mass is 19.1. The van der Waals surface area contributed by atoms with Crippen molar-refractivity contribution in [2.24, 2.45) is 9.98 Å². The summed E-state index contributed by atoms with van der Waals surface area (Å²) in [5.41, 5.74) is 3.16. The van der Waals surface area contributed by atoms with Crippen LogP contribution in [0.3, 0.4) is 0 Å². The first-order valence-electron chi connectivity index (χ1n) is 9.91. The van der Waals surface area contributed by atoms with Crippen LogP contribution in [0.1, 0.15) is 43.7 Å². The second-order valence-corrected chi connectivity index (χ2v) is 7.63. The van der Waals surface area contributed by atoms with E-state index < -0.39 is 11.6 Å². The molecule has 4 nitrogen and oxygen atoms in total. The molecule has 6 heteroatoms. The smallest absolute Gasteiger partial charge is 0.223 e. The maximum absolute atomic E-state index is 14.1. The summed E-state index contributed by atoms with van der Waals surface area (Å²) < 4.78 is 27.3. The Kier molecular flexibility index (Phi) is 5.51. The molecule has 4 rings (SSSR count). The summed E-state index contributed by atoms with van der Waals surface area (Å²) in [5.74, 6) is -0.246. The maximum Gasteiger partial charge on any atom is 0.223 e. The molecule has 0 radical (unpaired) electrons. The number of benzene rings is 2. The molecule has 2 aromatic carbocycles. The summed E-state index contributed by atoms with van der Waals surface area (Å²) in [6, 6.07) is 9.48. The standard InChI is InChI=1S/C23H23F2N3O/c1-15-26-10-9-20(27-15)3-2-4-23(29)28-13-17-6-5-16(11-18(17)14-28)21-8-7-19(24)12-22(21)25/h5-8,10-12,20H,2-4,9,13-14H2,1H3. The molecule has 1 amide bonds. The largest absolute Gasteiger partial charge is 0.334 e. The van der Waals surface area contributed by atoms with Gasteiger partial charge >= 0.3 is 0 Å². The van der Waals surface area contributed by atoms with E-state index in [1.54, 1.807) is 0 Å². The SMILES string of the molecule is CC1=NC(CCCC(=O)N2Cc3ccc(-c4ccc(F)cc4F)cc3C2)CC=N1. The maximum atomic E-state index is 14.1. The highest BCUT2D eigenvalue weighted by Crippen LogP contribution is 2.30. The number of hydrogen-bond acceptors (Lipinski definition) is 3. The van der Waals surface area contributed by atoms with Gasteiger partial charge in [-0.2, -0.15) is 0 Å². The fourth-order valence-corrected chi connectivity index (χ4v) is 3.95. The molecule has 2 aliphatic heterocycles. The molecular weight excluding hydrogens is 372 g/mol. The highest BCUT2D eigenvalue weighted by molar-refractivity contribution is 5.89. The van der Waals surface area contributed by atoms with Gasteiger partial charge in [0.25, 0.3) is 0 Å². The Hall–Kier alpha value is -2.89. The molecule has 0 saturated carbocycles. The molecule has 29 heavy (non-hydrogen) atoms. The third kappa shape index (κ3) is 4.42. The molecule has 0 fully saturated rings. The third-order valence-corrected chi connectivity index (χ3v) is 5.48. The van der Waals surface area contributed by atoms with Gasteiger partial charge in [-0.05, 0) is 54.7 Å². The zero-order valence-corrected chi connectivity index (χ0v) is 16.4. The van der Waals surface area contributed by atoms with Crippen molar-refractivity contribution in [2.75, 3.05) is 0 Å². The average molecular weight is 395 g/mol. The van der Waals surface area contributed by atoms with Crippen molar-refractivity contribution in [1.82, 2.24) is 4.90 Å². The van der Waals surface area contributed by atoms with E-state index in [1.807, 2.05) is 36.2 Å².